The summed E-state index contributed by atoms with van der Waals surface area (Å²) in [5.74, 6) is 0.809. The second-order valence-electron chi connectivity index (χ2n) is 6.29. The molecule has 1 heterocycles. The predicted molar refractivity (Wildman–Crippen MR) is 83.7 cm³/mol. The Kier molecular flexibility index (Phi) is 2.93. The molecule has 1 aliphatic carbocycles. The van der Waals surface area contributed by atoms with E-state index in [1.807, 2.05) is 12.1 Å². The zero-order valence-corrected chi connectivity index (χ0v) is 12.2. The Morgan fingerprint density at radius 3 is 2.76 bits per heavy atom. The van der Waals surface area contributed by atoms with Crippen molar-refractivity contribution < 1.29 is 4.79 Å². The van der Waals surface area contributed by atoms with Gasteiger partial charge < -0.3 is 5.32 Å². The van der Waals surface area contributed by atoms with Crippen LogP contribution in [0.4, 0.5) is 0 Å². The van der Waals surface area contributed by atoms with Crippen LogP contribution in [0, 0.1) is 12.8 Å². The van der Waals surface area contributed by atoms with E-state index in [1.165, 1.54) is 16.7 Å². The van der Waals surface area contributed by atoms with Gasteiger partial charge in [0, 0.05) is 30.0 Å². The van der Waals surface area contributed by atoms with Crippen LogP contribution in [0.5, 0.6) is 0 Å². The van der Waals surface area contributed by atoms with E-state index < -0.39 is 0 Å². The molecule has 0 aromatic heterocycles. The van der Waals surface area contributed by atoms with E-state index in [2.05, 4.69) is 48.6 Å². The molecule has 0 saturated carbocycles. The highest BCUT2D eigenvalue weighted by Gasteiger charge is 2.47. The molecule has 0 bridgehead atoms. The number of aryl methyl sites for hydroxylation is 1. The molecule has 106 valence electrons. The largest absolute Gasteiger partial charge is 0.312 e. The van der Waals surface area contributed by atoms with Crippen molar-refractivity contribution >= 4 is 5.78 Å². The topological polar surface area (TPSA) is 29.1 Å². The molecule has 1 N–H and O–H groups in total. The number of hydrogen-bond acceptors (Lipinski definition) is 2. The Morgan fingerprint density at radius 2 is 1.95 bits per heavy atom. The van der Waals surface area contributed by atoms with Gasteiger partial charge in [-0.2, -0.15) is 0 Å². The number of carbonyl (C=O) groups excluding carboxylic acids is 1. The predicted octanol–water partition coefficient (Wildman–Crippen LogP) is 3.11. The molecule has 2 heteroatoms. The zero-order chi connectivity index (χ0) is 14.4. The van der Waals surface area contributed by atoms with Gasteiger partial charge in [-0.3, -0.25) is 4.79 Å². The molecule has 4 rings (SSSR count). The van der Waals surface area contributed by atoms with Gasteiger partial charge in [0.05, 0.1) is 0 Å². The van der Waals surface area contributed by atoms with Gasteiger partial charge in [-0.1, -0.05) is 54.1 Å². The number of hydrogen-bond donors (Lipinski definition) is 1. The first-order valence-electron chi connectivity index (χ1n) is 7.66. The number of carbonyl (C=O) groups is 1. The van der Waals surface area contributed by atoms with E-state index in [0.717, 1.165) is 18.5 Å². The maximum absolute atomic E-state index is 12.8. The summed E-state index contributed by atoms with van der Waals surface area (Å²) in [7, 11) is 0. The Balaban J connectivity index is 1.64. The Bertz CT molecular complexity index is 692. The molecule has 0 spiro atoms. The van der Waals surface area contributed by atoms with Crippen LogP contribution in [0.15, 0.2) is 48.5 Å². The molecule has 3 atom stereocenters. The third kappa shape index (κ3) is 2.02. The van der Waals surface area contributed by atoms with Crippen LogP contribution < -0.4 is 5.32 Å². The fraction of sp³-hybridized carbons (Fsp3) is 0.316. The summed E-state index contributed by atoms with van der Waals surface area (Å²) in [5.41, 5.74) is 4.76. The SMILES string of the molecule is Cc1ccc2c(c1)C1CNC(Cc3ccccc3)C1C2=O. The normalized spacial score (nSPS) is 26.7. The van der Waals surface area contributed by atoms with Crippen LogP contribution in [-0.2, 0) is 6.42 Å². The van der Waals surface area contributed by atoms with Gasteiger partial charge in [-0.25, -0.2) is 0 Å². The van der Waals surface area contributed by atoms with E-state index in [-0.39, 0.29) is 12.0 Å². The quantitative estimate of drug-likeness (QED) is 0.914. The second kappa shape index (κ2) is 4.81. The minimum Gasteiger partial charge on any atom is -0.312 e. The number of rotatable bonds is 2. The van der Waals surface area contributed by atoms with Gasteiger partial charge in [-0.05, 0) is 24.5 Å². The monoisotopic (exact) mass is 277 g/mol. The first kappa shape index (κ1) is 12.8. The van der Waals surface area contributed by atoms with Crippen molar-refractivity contribution in [1.29, 1.82) is 0 Å². The summed E-state index contributed by atoms with van der Waals surface area (Å²) < 4.78 is 0. The molecule has 0 amide bonds. The molecule has 2 aliphatic rings. The van der Waals surface area contributed by atoms with Crippen LogP contribution in [0.3, 0.4) is 0 Å². The molecule has 3 unspecified atom stereocenters. The Hall–Kier alpha value is -1.93. The molecule has 2 aromatic rings. The van der Waals surface area contributed by atoms with Gasteiger partial charge in [0.2, 0.25) is 0 Å². The van der Waals surface area contributed by atoms with Crippen molar-refractivity contribution in [3.05, 3.63) is 70.8 Å². The highest BCUT2D eigenvalue weighted by molar-refractivity contribution is 6.04. The lowest BCUT2D eigenvalue weighted by Crippen LogP contribution is -2.32. The van der Waals surface area contributed by atoms with Gasteiger partial charge in [0.25, 0.3) is 0 Å². The molecular weight excluding hydrogens is 258 g/mol. The Morgan fingerprint density at radius 1 is 1.14 bits per heavy atom. The van der Waals surface area contributed by atoms with Crippen LogP contribution >= 0.6 is 0 Å². The molecule has 1 saturated heterocycles. The third-order valence-electron chi connectivity index (χ3n) is 4.94. The van der Waals surface area contributed by atoms with Crippen molar-refractivity contribution in [3.63, 3.8) is 0 Å². The van der Waals surface area contributed by atoms with Crippen molar-refractivity contribution in [3.8, 4) is 0 Å². The molecular formula is C19H19NO. The minimum atomic E-state index is 0.113. The summed E-state index contributed by atoms with van der Waals surface area (Å²) >= 11 is 0. The number of nitrogens with one attached hydrogen (secondary N) is 1. The summed E-state index contributed by atoms with van der Waals surface area (Å²) in [4.78, 5) is 12.8. The summed E-state index contributed by atoms with van der Waals surface area (Å²) in [6.07, 6.45) is 0.931. The van der Waals surface area contributed by atoms with E-state index >= 15 is 0 Å². The van der Waals surface area contributed by atoms with E-state index in [0.29, 0.717) is 11.7 Å². The fourth-order valence-electron chi connectivity index (χ4n) is 3.94. The third-order valence-corrected chi connectivity index (χ3v) is 4.94. The minimum absolute atomic E-state index is 0.113. The Labute approximate surface area is 125 Å². The fourth-order valence-corrected chi connectivity index (χ4v) is 3.94. The molecule has 1 fully saturated rings. The lowest BCUT2D eigenvalue weighted by atomic mass is 9.87. The van der Waals surface area contributed by atoms with Gasteiger partial charge >= 0.3 is 0 Å². The summed E-state index contributed by atoms with van der Waals surface area (Å²) in [5, 5.41) is 3.58. The first-order valence-corrected chi connectivity index (χ1v) is 7.66. The average molecular weight is 277 g/mol. The maximum atomic E-state index is 12.8. The van der Waals surface area contributed by atoms with Crippen molar-refractivity contribution in [2.75, 3.05) is 6.54 Å². The smallest absolute Gasteiger partial charge is 0.168 e. The average Bonchev–Trinajstić information content (AvgIpc) is 3.01. The van der Waals surface area contributed by atoms with E-state index in [4.69, 9.17) is 0 Å². The van der Waals surface area contributed by atoms with E-state index in [1.54, 1.807) is 0 Å². The van der Waals surface area contributed by atoms with Crippen LogP contribution in [0.1, 0.15) is 33.0 Å². The van der Waals surface area contributed by atoms with Crippen LogP contribution in [-0.4, -0.2) is 18.4 Å². The molecule has 21 heavy (non-hydrogen) atoms. The number of benzene rings is 2. The maximum Gasteiger partial charge on any atom is 0.168 e. The first-order chi connectivity index (χ1) is 10.2. The molecule has 2 nitrogen and oxygen atoms in total. The van der Waals surface area contributed by atoms with Crippen molar-refractivity contribution in [2.45, 2.75) is 25.3 Å². The van der Waals surface area contributed by atoms with Crippen molar-refractivity contribution in [2.24, 2.45) is 5.92 Å². The van der Waals surface area contributed by atoms with Gasteiger partial charge in [0.15, 0.2) is 5.78 Å². The van der Waals surface area contributed by atoms with Gasteiger partial charge in [0.1, 0.15) is 0 Å². The van der Waals surface area contributed by atoms with E-state index in [9.17, 15) is 4.79 Å². The summed E-state index contributed by atoms with van der Waals surface area (Å²) in [6, 6.07) is 17.0. The lowest BCUT2D eigenvalue weighted by molar-refractivity contribution is 0.0920. The number of Topliss-reactive ketones (excluding diaryl/α,β-unsaturated/α-hetero) is 1. The zero-order valence-electron chi connectivity index (χ0n) is 12.2. The molecule has 2 aromatic carbocycles. The molecule has 1 aliphatic heterocycles. The van der Waals surface area contributed by atoms with Gasteiger partial charge in [-0.15, -0.1) is 0 Å². The highest BCUT2D eigenvalue weighted by Crippen LogP contribution is 2.43. The standard InChI is InChI=1S/C19H19NO/c1-12-7-8-14-15(9-12)16-11-20-17(18(16)19(14)21)10-13-5-3-2-4-6-13/h2-9,16-18,20H,10-11H2,1H3. The molecule has 0 radical (unpaired) electrons. The highest BCUT2D eigenvalue weighted by atomic mass is 16.1. The van der Waals surface area contributed by atoms with Crippen molar-refractivity contribution in [1.82, 2.24) is 5.32 Å². The lowest BCUT2D eigenvalue weighted by Gasteiger charge is -2.17. The van der Waals surface area contributed by atoms with Crippen LogP contribution in [0.25, 0.3) is 0 Å². The summed E-state index contributed by atoms with van der Waals surface area (Å²) in [6.45, 7) is 3.02. The number of fused-ring (bicyclic) bond motifs is 3. The number of ketones is 1. The van der Waals surface area contributed by atoms with Crippen LogP contribution in [0.2, 0.25) is 0 Å². The second-order valence-corrected chi connectivity index (χ2v) is 6.29.